The number of para-hydroxylation sites is 4. The Bertz CT molecular complexity index is 3990. The van der Waals surface area contributed by atoms with E-state index >= 15 is 0 Å². The van der Waals surface area contributed by atoms with E-state index in [1.807, 2.05) is 103 Å². The minimum absolute atomic E-state index is 0. The summed E-state index contributed by atoms with van der Waals surface area (Å²) in [4.78, 5) is 5.04. The van der Waals surface area contributed by atoms with Crippen LogP contribution in [0.2, 0.25) is 0 Å². The van der Waals surface area contributed by atoms with Crippen molar-refractivity contribution in [3.8, 4) is 62.1 Å². The smallest absolute Gasteiger partial charge is 0.268 e. The molecular weight excluding hydrogens is 976 g/mol. The summed E-state index contributed by atoms with van der Waals surface area (Å²) in [6.45, 7) is 6.05. The first-order valence-electron chi connectivity index (χ1n) is 26.4. The number of pyridine rings is 1. The van der Waals surface area contributed by atoms with Crippen LogP contribution in [0.5, 0.6) is 11.5 Å². The second-order valence-electron chi connectivity index (χ2n) is 15.7. The molecule has 5 nitrogen and oxygen atoms in total. The number of aromatic nitrogens is 4. The minimum atomic E-state index is -0.956. The number of imidazole rings is 1. The second kappa shape index (κ2) is 17.7. The molecule has 0 spiro atoms. The summed E-state index contributed by atoms with van der Waals surface area (Å²) in [5.74, 6) is 0.380. The molecule has 318 valence electrons. The molecule has 0 aliphatic rings. The maximum atomic E-state index is 9.61. The van der Waals surface area contributed by atoms with Gasteiger partial charge in [-0.2, -0.15) is 18.2 Å². The monoisotopic (exact) mass is 1030 g/mol. The zero-order valence-corrected chi connectivity index (χ0v) is 37.6. The SMILES string of the molecule is [2H]c1c([2H])c([2H])c(-c2cccc(-c3c([2H])c([2H])c([2H])c([2H])c3[2H])c2-[n+]2[c-]n(-c3[c-]c(Oc4[c-]c5c(cc4)c4ccccc4n5-c4cc(C([2H])(C)C(C)C)c(-c5ccccc5)cn4)ccc3)c3ccccc32)c([2H])c1[2H].[Pt]. The first-order valence-corrected chi connectivity index (χ1v) is 20.9. The van der Waals surface area contributed by atoms with E-state index in [0.717, 1.165) is 33.0 Å². The van der Waals surface area contributed by atoms with Gasteiger partial charge < -0.3 is 13.9 Å². The van der Waals surface area contributed by atoms with Gasteiger partial charge in [0.2, 0.25) is 0 Å². The number of fused-ring (bicyclic) bond motifs is 4. The third kappa shape index (κ3) is 7.66. The van der Waals surface area contributed by atoms with E-state index in [1.165, 1.54) is 0 Å². The Morgan fingerprint density at radius 1 is 0.615 bits per heavy atom. The zero-order valence-electron chi connectivity index (χ0n) is 46.4. The molecule has 0 saturated carbocycles. The fourth-order valence-corrected chi connectivity index (χ4v) is 8.33. The first kappa shape index (κ1) is 30.7. The zero-order chi connectivity index (χ0) is 52.8. The van der Waals surface area contributed by atoms with E-state index in [0.29, 0.717) is 39.6 Å². The molecule has 0 aliphatic carbocycles. The average Bonchev–Trinajstić information content (AvgIpc) is 3.97. The fourth-order valence-electron chi connectivity index (χ4n) is 8.33. The van der Waals surface area contributed by atoms with Gasteiger partial charge in [-0.15, -0.1) is 29.7 Å². The first-order chi connectivity index (χ1) is 36.0. The van der Waals surface area contributed by atoms with Crippen LogP contribution in [0.3, 0.4) is 0 Å². The van der Waals surface area contributed by atoms with Crippen molar-refractivity contribution in [1.29, 1.82) is 0 Å². The van der Waals surface area contributed by atoms with Crippen LogP contribution >= 0.6 is 0 Å². The standard InChI is InChI=1S/C59H44N4O.Pt/c1-40(2)41(3)52-37-58(60-38-53(52)44-23-11-6-12-24-44)63-54-30-14-13-27-50(54)51-34-33-47(36-57(51)63)64-46-26-17-25-45(35-46)61-39-62(56-32-16-15-31-55(56)61)59-48(42-19-7-4-8-20-42)28-18-29-49(59)43-21-9-5-10-22-43;/h4-34,37-38,40-41H,1-3H3;/q-2;/i4D,5D,7D,8D,9D,10D,19D,20D,21D,22D,41D;. The van der Waals surface area contributed by atoms with Crippen molar-refractivity contribution in [2.75, 3.05) is 0 Å². The molecule has 1 unspecified atom stereocenters. The van der Waals surface area contributed by atoms with E-state index in [2.05, 4.69) is 38.4 Å². The number of nitrogens with zero attached hydrogens (tertiary/aromatic N) is 4. The van der Waals surface area contributed by atoms with Crippen LogP contribution in [0.1, 0.15) is 47.3 Å². The van der Waals surface area contributed by atoms with Gasteiger partial charge in [0.15, 0.2) is 0 Å². The van der Waals surface area contributed by atoms with Crippen LogP contribution in [-0.4, -0.2) is 14.1 Å². The average molecular weight is 1030 g/mol. The molecule has 0 amide bonds. The predicted octanol–water partition coefficient (Wildman–Crippen LogP) is 14.4. The van der Waals surface area contributed by atoms with Crippen LogP contribution < -0.4 is 9.30 Å². The summed E-state index contributed by atoms with van der Waals surface area (Å²) in [5, 5.41) is 1.91. The van der Waals surface area contributed by atoms with E-state index in [-0.39, 0.29) is 54.9 Å². The van der Waals surface area contributed by atoms with E-state index in [4.69, 9.17) is 23.4 Å². The normalized spacial score (nSPS) is 14.7. The molecule has 3 aromatic heterocycles. The molecule has 3 heterocycles. The van der Waals surface area contributed by atoms with E-state index < -0.39 is 66.3 Å². The Hall–Kier alpha value is -7.33. The Morgan fingerprint density at radius 2 is 1.26 bits per heavy atom. The van der Waals surface area contributed by atoms with Gasteiger partial charge >= 0.3 is 0 Å². The summed E-state index contributed by atoms with van der Waals surface area (Å²) in [6, 6.07) is 42.9. The van der Waals surface area contributed by atoms with Gasteiger partial charge in [-0.3, -0.25) is 4.57 Å². The number of benzene rings is 8. The molecule has 8 aromatic carbocycles. The topological polar surface area (TPSA) is 35.9 Å². The van der Waals surface area contributed by atoms with Crippen LogP contribution in [0.25, 0.3) is 83.4 Å². The molecule has 6 heteroatoms. The summed E-state index contributed by atoms with van der Waals surface area (Å²) in [6.07, 6.45) is 5.26. The van der Waals surface area contributed by atoms with Crippen molar-refractivity contribution >= 4 is 32.8 Å². The summed E-state index contributed by atoms with van der Waals surface area (Å²) in [7, 11) is 0. The molecule has 0 bridgehead atoms. The molecule has 0 saturated heterocycles. The van der Waals surface area contributed by atoms with Gasteiger partial charge in [0, 0.05) is 51.2 Å². The van der Waals surface area contributed by atoms with Crippen LogP contribution in [0.15, 0.2) is 200 Å². The molecule has 11 rings (SSSR count). The van der Waals surface area contributed by atoms with Gasteiger partial charge in [-0.1, -0.05) is 178 Å². The maximum Gasteiger partial charge on any atom is 0.268 e. The maximum absolute atomic E-state index is 9.61. The van der Waals surface area contributed by atoms with Crippen LogP contribution in [-0.2, 0) is 21.1 Å². The van der Waals surface area contributed by atoms with E-state index in [9.17, 15) is 1.37 Å². The van der Waals surface area contributed by atoms with Crippen molar-refractivity contribution in [2.24, 2.45) is 5.92 Å². The Kier molecular flexibility index (Phi) is 8.35. The van der Waals surface area contributed by atoms with Crippen LogP contribution in [0.4, 0.5) is 0 Å². The van der Waals surface area contributed by atoms with Crippen molar-refractivity contribution in [2.45, 2.75) is 26.7 Å². The van der Waals surface area contributed by atoms with Gasteiger partial charge in [0.1, 0.15) is 5.82 Å². The number of hydrogen-bond acceptors (Lipinski definition) is 2. The molecule has 0 aliphatic heterocycles. The predicted molar refractivity (Wildman–Crippen MR) is 260 cm³/mol. The summed E-state index contributed by atoms with van der Waals surface area (Å²) >= 11 is 0. The second-order valence-corrected chi connectivity index (χ2v) is 15.7. The fraction of sp³-hybridized carbons (Fsp3) is 0.0847. The molecule has 11 aromatic rings. The third-order valence-electron chi connectivity index (χ3n) is 11.6. The molecule has 0 fully saturated rings. The minimum Gasteiger partial charge on any atom is -0.510 e. The molecule has 65 heavy (non-hydrogen) atoms. The van der Waals surface area contributed by atoms with Crippen molar-refractivity contribution < 1.29 is 45.4 Å². The summed E-state index contributed by atoms with van der Waals surface area (Å²) in [5.41, 5.74) is 6.04. The van der Waals surface area contributed by atoms with Crippen molar-refractivity contribution in [3.05, 3.63) is 224 Å². The third-order valence-corrected chi connectivity index (χ3v) is 11.6. The number of rotatable bonds is 10. The molecule has 1 atom stereocenters. The van der Waals surface area contributed by atoms with Gasteiger partial charge in [0.05, 0.1) is 30.4 Å². The Morgan fingerprint density at radius 3 is 1.98 bits per heavy atom. The largest absolute Gasteiger partial charge is 0.510 e. The van der Waals surface area contributed by atoms with Crippen LogP contribution in [0, 0.1) is 24.4 Å². The quantitative estimate of drug-likeness (QED) is 0.101. The number of hydrogen-bond donors (Lipinski definition) is 0. The molecule has 0 N–H and O–H groups in total. The summed E-state index contributed by atoms with van der Waals surface area (Å²) < 4.78 is 109. The van der Waals surface area contributed by atoms with Gasteiger partial charge in [-0.05, 0) is 68.4 Å². The van der Waals surface area contributed by atoms with Crippen molar-refractivity contribution in [1.82, 2.24) is 14.1 Å². The Labute approximate surface area is 409 Å². The van der Waals surface area contributed by atoms with Crippen molar-refractivity contribution in [3.63, 3.8) is 0 Å². The van der Waals surface area contributed by atoms with Gasteiger partial charge in [-0.25, -0.2) is 4.98 Å². The number of ether oxygens (including phenoxy) is 1. The Balaban J connectivity index is 0.00000657. The molecular formula is C59H44N4OPt-2. The van der Waals surface area contributed by atoms with Gasteiger partial charge in [0.25, 0.3) is 6.33 Å². The molecule has 0 radical (unpaired) electrons. The van der Waals surface area contributed by atoms with E-state index in [1.54, 1.807) is 51.6 Å².